The SMILES string of the molecule is C[C@]12CCC(OCc3ccccc3)CC1=CC[C@@H]1[C@H]2CC[C@]2(C)C(SC3(Br)CC3)CC[C@@H]12. The molecule has 0 aromatic heterocycles. The zero-order valence-electron chi connectivity index (χ0n) is 19.8. The minimum Gasteiger partial charge on any atom is -0.373 e. The summed E-state index contributed by atoms with van der Waals surface area (Å²) in [5.74, 6) is 2.76. The Morgan fingerprint density at radius 1 is 0.969 bits per heavy atom. The topological polar surface area (TPSA) is 9.23 Å². The highest BCUT2D eigenvalue weighted by Crippen LogP contribution is 2.69. The fraction of sp³-hybridized carbons (Fsp3) is 0.724. The van der Waals surface area contributed by atoms with Gasteiger partial charge in [0.05, 0.1) is 16.4 Å². The van der Waals surface area contributed by atoms with Crippen LogP contribution in [-0.2, 0) is 11.3 Å². The Labute approximate surface area is 207 Å². The maximum atomic E-state index is 6.40. The fourth-order valence-electron chi connectivity index (χ4n) is 8.17. The Balaban J connectivity index is 1.15. The molecule has 32 heavy (non-hydrogen) atoms. The predicted molar refractivity (Wildman–Crippen MR) is 139 cm³/mol. The number of benzene rings is 1. The molecule has 0 aliphatic heterocycles. The van der Waals surface area contributed by atoms with Gasteiger partial charge in [0.2, 0.25) is 0 Å². The molecule has 5 aliphatic rings. The van der Waals surface area contributed by atoms with Crippen LogP contribution in [0.3, 0.4) is 0 Å². The van der Waals surface area contributed by atoms with E-state index in [2.05, 4.69) is 77.9 Å². The number of fused-ring (bicyclic) bond motifs is 5. The predicted octanol–water partition coefficient (Wildman–Crippen LogP) is 8.52. The summed E-state index contributed by atoms with van der Waals surface area (Å²) in [6.07, 6.45) is 16.7. The Morgan fingerprint density at radius 2 is 1.78 bits per heavy atom. The van der Waals surface area contributed by atoms with Crippen molar-refractivity contribution in [2.24, 2.45) is 28.6 Å². The van der Waals surface area contributed by atoms with Crippen molar-refractivity contribution in [2.75, 3.05) is 0 Å². The largest absolute Gasteiger partial charge is 0.373 e. The number of rotatable bonds is 5. The Kier molecular flexibility index (Phi) is 5.67. The number of allylic oxidation sites excluding steroid dienone is 1. The standard InChI is InChI=1S/C29H39BrOS/c1-27-14-12-22(31-19-20-6-4-3-5-7-20)18-21(27)8-9-23-24-10-11-26(32-29(30)16-17-29)28(24,2)15-13-25(23)27/h3-8,22-26H,9-19H2,1-2H3/t22?,23-,24-,25+,26?,27-,28-/m0/s1. The molecule has 0 spiro atoms. The van der Waals surface area contributed by atoms with Gasteiger partial charge in [0.15, 0.2) is 0 Å². The molecule has 7 atom stereocenters. The number of ether oxygens (including phenoxy) is 1. The third-order valence-electron chi connectivity index (χ3n) is 10.3. The third-order valence-corrected chi connectivity index (χ3v) is 13.5. The zero-order valence-corrected chi connectivity index (χ0v) is 22.2. The second kappa shape index (κ2) is 8.16. The van der Waals surface area contributed by atoms with Crippen molar-refractivity contribution in [3.8, 4) is 0 Å². The van der Waals surface area contributed by atoms with Crippen molar-refractivity contribution in [3.05, 3.63) is 47.5 Å². The van der Waals surface area contributed by atoms with Gasteiger partial charge in [0, 0.05) is 5.25 Å². The van der Waals surface area contributed by atoms with Crippen LogP contribution in [0.15, 0.2) is 42.0 Å². The second-order valence-electron chi connectivity index (χ2n) is 12.0. The van der Waals surface area contributed by atoms with Crippen LogP contribution >= 0.6 is 27.7 Å². The summed E-state index contributed by atoms with van der Waals surface area (Å²) in [7, 11) is 0. The van der Waals surface area contributed by atoms with E-state index < -0.39 is 0 Å². The van der Waals surface area contributed by atoms with E-state index in [-0.39, 0.29) is 0 Å². The van der Waals surface area contributed by atoms with E-state index in [9.17, 15) is 0 Å². The first-order valence-electron chi connectivity index (χ1n) is 13.1. The molecule has 6 rings (SSSR count). The van der Waals surface area contributed by atoms with Crippen LogP contribution in [-0.4, -0.2) is 15.0 Å². The molecule has 3 heteroatoms. The van der Waals surface area contributed by atoms with E-state index in [0.29, 0.717) is 20.6 Å². The smallest absolute Gasteiger partial charge is 0.0720 e. The van der Waals surface area contributed by atoms with Gasteiger partial charge in [-0.3, -0.25) is 0 Å². The highest BCUT2D eigenvalue weighted by molar-refractivity contribution is 9.12. The number of hydrogen-bond donors (Lipinski definition) is 0. The Bertz CT molecular complexity index is 878. The highest BCUT2D eigenvalue weighted by Gasteiger charge is 2.60. The number of hydrogen-bond acceptors (Lipinski definition) is 2. The van der Waals surface area contributed by atoms with Crippen molar-refractivity contribution in [3.63, 3.8) is 0 Å². The molecule has 0 heterocycles. The quantitative estimate of drug-likeness (QED) is 0.287. The summed E-state index contributed by atoms with van der Waals surface area (Å²) >= 11 is 6.35. The van der Waals surface area contributed by atoms with Gasteiger partial charge >= 0.3 is 0 Å². The average molecular weight is 516 g/mol. The lowest BCUT2D eigenvalue weighted by Gasteiger charge is -2.58. The van der Waals surface area contributed by atoms with Gasteiger partial charge in [-0.2, -0.15) is 0 Å². The maximum Gasteiger partial charge on any atom is 0.0720 e. The normalized spacial score (nSPS) is 44.2. The lowest BCUT2D eigenvalue weighted by Crippen LogP contribution is -2.51. The van der Waals surface area contributed by atoms with Crippen molar-refractivity contribution in [1.29, 1.82) is 0 Å². The highest BCUT2D eigenvalue weighted by atomic mass is 79.9. The zero-order chi connectivity index (χ0) is 22.0. The van der Waals surface area contributed by atoms with Gasteiger partial charge in [-0.05, 0) is 98.4 Å². The Morgan fingerprint density at radius 3 is 2.56 bits per heavy atom. The monoisotopic (exact) mass is 514 g/mol. The molecule has 174 valence electrons. The van der Waals surface area contributed by atoms with Crippen molar-refractivity contribution < 1.29 is 4.74 Å². The van der Waals surface area contributed by atoms with Crippen LogP contribution in [0, 0.1) is 28.6 Å². The van der Waals surface area contributed by atoms with Crippen LogP contribution < -0.4 is 0 Å². The van der Waals surface area contributed by atoms with E-state index in [4.69, 9.17) is 4.74 Å². The first-order chi connectivity index (χ1) is 15.4. The molecule has 0 bridgehead atoms. The number of thioether (sulfide) groups is 1. The van der Waals surface area contributed by atoms with Crippen molar-refractivity contribution in [1.82, 2.24) is 0 Å². The van der Waals surface area contributed by atoms with Gasteiger partial charge in [0.25, 0.3) is 0 Å². The molecular weight excluding hydrogens is 476 g/mol. The van der Waals surface area contributed by atoms with E-state index in [1.165, 1.54) is 69.8 Å². The molecule has 1 nitrogen and oxygen atoms in total. The average Bonchev–Trinajstić information content (AvgIpc) is 3.43. The molecule has 1 aromatic rings. The first-order valence-corrected chi connectivity index (χ1v) is 14.8. The molecule has 2 unspecified atom stereocenters. The molecule has 0 radical (unpaired) electrons. The van der Waals surface area contributed by atoms with Gasteiger partial charge in [-0.25, -0.2) is 0 Å². The van der Waals surface area contributed by atoms with Crippen molar-refractivity contribution in [2.45, 2.75) is 99.7 Å². The van der Waals surface area contributed by atoms with Gasteiger partial charge in [-0.15, -0.1) is 11.8 Å². The molecule has 0 N–H and O–H groups in total. The first kappa shape index (κ1) is 22.2. The van der Waals surface area contributed by atoms with Crippen LogP contribution in [0.1, 0.15) is 83.6 Å². The maximum absolute atomic E-state index is 6.40. The summed E-state index contributed by atoms with van der Waals surface area (Å²) < 4.78 is 6.84. The molecule has 0 amide bonds. The van der Waals surface area contributed by atoms with Crippen LogP contribution in [0.5, 0.6) is 0 Å². The lowest BCUT2D eigenvalue weighted by molar-refractivity contribution is -0.0491. The van der Waals surface area contributed by atoms with Gasteiger partial charge < -0.3 is 4.74 Å². The van der Waals surface area contributed by atoms with E-state index in [0.717, 1.165) is 29.6 Å². The second-order valence-corrected chi connectivity index (χ2v) is 15.7. The lowest BCUT2D eigenvalue weighted by atomic mass is 9.48. The fourth-order valence-corrected chi connectivity index (χ4v) is 10.7. The van der Waals surface area contributed by atoms with E-state index in [1.807, 2.05) is 0 Å². The van der Waals surface area contributed by atoms with E-state index >= 15 is 0 Å². The minimum absolute atomic E-state index is 0.404. The summed E-state index contributed by atoms with van der Waals surface area (Å²) in [5, 5.41) is 0.871. The van der Waals surface area contributed by atoms with Crippen LogP contribution in [0.2, 0.25) is 0 Å². The molecule has 4 saturated carbocycles. The number of halogens is 1. The van der Waals surface area contributed by atoms with Crippen molar-refractivity contribution >= 4 is 27.7 Å². The van der Waals surface area contributed by atoms with Gasteiger partial charge in [0.1, 0.15) is 0 Å². The Hall–Kier alpha value is -0.250. The summed E-state index contributed by atoms with van der Waals surface area (Å²) in [5.41, 5.74) is 4.03. The summed E-state index contributed by atoms with van der Waals surface area (Å²) in [6.45, 7) is 6.06. The molecule has 0 saturated heterocycles. The molecular formula is C29H39BrOS. The molecule has 5 aliphatic carbocycles. The minimum atomic E-state index is 0.404. The third kappa shape index (κ3) is 3.77. The summed E-state index contributed by atoms with van der Waals surface area (Å²) in [6, 6.07) is 10.7. The van der Waals surface area contributed by atoms with Crippen LogP contribution in [0.4, 0.5) is 0 Å². The van der Waals surface area contributed by atoms with Gasteiger partial charge in [-0.1, -0.05) is 71.8 Å². The number of alkyl halides is 1. The van der Waals surface area contributed by atoms with E-state index in [1.54, 1.807) is 5.57 Å². The van der Waals surface area contributed by atoms with Crippen LogP contribution in [0.25, 0.3) is 0 Å². The molecule has 1 aromatic carbocycles. The summed E-state index contributed by atoms with van der Waals surface area (Å²) in [4.78, 5) is 0. The molecule has 4 fully saturated rings.